The highest BCUT2D eigenvalue weighted by Crippen LogP contribution is 2.22. The molecule has 7 nitrogen and oxygen atoms in total. The van der Waals surface area contributed by atoms with Crippen LogP contribution in [-0.4, -0.2) is 38.8 Å². The standard InChI is InChI=1S/C17H15Cl2FN2O5S/c1-22(8-12-13(18)3-2-4-15(12)20)16(23)9-27-17(24)11-7-10(28(21,25)26)5-6-14(11)19/h2-7H,8-9H2,1H3,(H2,21,25,26). The number of nitrogens with two attached hydrogens (primary N) is 1. The van der Waals surface area contributed by atoms with Crippen LogP contribution in [0.15, 0.2) is 41.3 Å². The van der Waals surface area contributed by atoms with E-state index in [0.717, 1.165) is 17.0 Å². The molecular formula is C17H15Cl2FN2O5S. The van der Waals surface area contributed by atoms with E-state index in [9.17, 15) is 22.4 Å². The smallest absolute Gasteiger partial charge is 0.340 e. The number of carbonyl (C=O) groups is 2. The van der Waals surface area contributed by atoms with Crippen LogP contribution in [0, 0.1) is 5.82 Å². The summed E-state index contributed by atoms with van der Waals surface area (Å²) in [5, 5.41) is 5.09. The number of hydrogen-bond donors (Lipinski definition) is 1. The number of esters is 1. The first-order valence-electron chi connectivity index (χ1n) is 7.67. The molecule has 2 rings (SSSR count). The zero-order valence-corrected chi connectivity index (χ0v) is 16.8. The third kappa shape index (κ3) is 5.41. The van der Waals surface area contributed by atoms with E-state index in [1.165, 1.54) is 31.3 Å². The maximum Gasteiger partial charge on any atom is 0.340 e. The SMILES string of the molecule is CN(Cc1c(F)cccc1Cl)C(=O)COC(=O)c1cc(S(N)(=O)=O)ccc1Cl. The second-order valence-electron chi connectivity index (χ2n) is 5.71. The Balaban J connectivity index is 2.05. The van der Waals surface area contributed by atoms with Crippen molar-refractivity contribution in [1.82, 2.24) is 4.90 Å². The van der Waals surface area contributed by atoms with Gasteiger partial charge in [-0.1, -0.05) is 29.3 Å². The second kappa shape index (κ2) is 8.87. The zero-order chi connectivity index (χ0) is 21.1. The van der Waals surface area contributed by atoms with Crippen LogP contribution in [0.4, 0.5) is 4.39 Å². The Kier molecular flexibility index (Phi) is 7.00. The first kappa shape index (κ1) is 22.1. The molecule has 11 heteroatoms. The molecule has 0 saturated heterocycles. The number of halogens is 3. The van der Waals surface area contributed by atoms with E-state index in [1.54, 1.807) is 0 Å². The van der Waals surface area contributed by atoms with E-state index in [0.29, 0.717) is 0 Å². The van der Waals surface area contributed by atoms with Gasteiger partial charge in [0.05, 0.1) is 15.5 Å². The summed E-state index contributed by atoms with van der Waals surface area (Å²) in [7, 11) is -2.67. The van der Waals surface area contributed by atoms with Crippen molar-refractivity contribution >= 4 is 45.1 Å². The predicted molar refractivity (Wildman–Crippen MR) is 101 cm³/mol. The van der Waals surface area contributed by atoms with Gasteiger partial charge in [0, 0.05) is 24.2 Å². The van der Waals surface area contributed by atoms with Gasteiger partial charge in [-0.3, -0.25) is 4.79 Å². The van der Waals surface area contributed by atoms with Crippen LogP contribution in [0.2, 0.25) is 10.0 Å². The molecule has 0 unspecified atom stereocenters. The van der Waals surface area contributed by atoms with Crippen molar-refractivity contribution in [3.8, 4) is 0 Å². The van der Waals surface area contributed by atoms with Crippen LogP contribution in [0.1, 0.15) is 15.9 Å². The molecule has 0 bridgehead atoms. The first-order chi connectivity index (χ1) is 13.0. The van der Waals surface area contributed by atoms with Crippen molar-refractivity contribution < 1.29 is 27.1 Å². The van der Waals surface area contributed by atoms with Crippen molar-refractivity contribution in [3.05, 3.63) is 63.4 Å². The number of primary sulfonamides is 1. The van der Waals surface area contributed by atoms with E-state index < -0.39 is 34.3 Å². The Morgan fingerprint density at radius 2 is 1.86 bits per heavy atom. The van der Waals surface area contributed by atoms with Crippen LogP contribution < -0.4 is 5.14 Å². The first-order valence-corrected chi connectivity index (χ1v) is 9.97. The van der Waals surface area contributed by atoms with Crippen LogP contribution in [0.3, 0.4) is 0 Å². The van der Waals surface area contributed by atoms with Crippen LogP contribution >= 0.6 is 23.2 Å². The van der Waals surface area contributed by atoms with Gasteiger partial charge in [0.15, 0.2) is 6.61 Å². The fraction of sp³-hybridized carbons (Fsp3) is 0.176. The lowest BCUT2D eigenvalue weighted by Crippen LogP contribution is -2.31. The van der Waals surface area contributed by atoms with Gasteiger partial charge < -0.3 is 9.64 Å². The number of ether oxygens (including phenoxy) is 1. The summed E-state index contributed by atoms with van der Waals surface area (Å²) < 4.78 is 41.5. The summed E-state index contributed by atoms with van der Waals surface area (Å²) in [6.45, 7) is -0.805. The summed E-state index contributed by atoms with van der Waals surface area (Å²) >= 11 is 11.8. The molecular weight excluding hydrogens is 434 g/mol. The molecule has 2 aromatic rings. The quantitative estimate of drug-likeness (QED) is 0.683. The molecule has 0 heterocycles. The lowest BCUT2D eigenvalue weighted by molar-refractivity contribution is -0.133. The molecule has 150 valence electrons. The number of carbonyl (C=O) groups excluding carboxylic acids is 2. The predicted octanol–water partition coefficient (Wildman–Crippen LogP) is 2.60. The van der Waals surface area contributed by atoms with E-state index in [2.05, 4.69) is 0 Å². The number of sulfonamides is 1. The Hall–Kier alpha value is -2.20. The van der Waals surface area contributed by atoms with Crippen LogP contribution in [-0.2, 0) is 26.1 Å². The average molecular weight is 449 g/mol. The van der Waals surface area contributed by atoms with Gasteiger partial charge in [-0.15, -0.1) is 0 Å². The van der Waals surface area contributed by atoms with Crippen LogP contribution in [0.5, 0.6) is 0 Å². The summed E-state index contributed by atoms with van der Waals surface area (Å²) in [5.74, 6) is -2.22. The van der Waals surface area contributed by atoms with E-state index in [1.807, 2.05) is 0 Å². The minimum absolute atomic E-state index is 0.0728. The molecule has 0 saturated carbocycles. The number of nitrogens with zero attached hydrogens (tertiary/aromatic N) is 1. The normalized spacial score (nSPS) is 11.2. The molecule has 0 aliphatic rings. The lowest BCUT2D eigenvalue weighted by atomic mass is 10.2. The minimum Gasteiger partial charge on any atom is -0.452 e. The molecule has 0 aliphatic heterocycles. The molecule has 1 amide bonds. The maximum absolute atomic E-state index is 13.8. The Morgan fingerprint density at radius 3 is 2.46 bits per heavy atom. The molecule has 2 N–H and O–H groups in total. The molecule has 0 radical (unpaired) electrons. The molecule has 0 fully saturated rings. The van der Waals surface area contributed by atoms with Gasteiger partial charge in [0.1, 0.15) is 5.82 Å². The summed E-state index contributed by atoms with van der Waals surface area (Å²) in [6.07, 6.45) is 0. The molecule has 0 atom stereocenters. The zero-order valence-electron chi connectivity index (χ0n) is 14.5. The fourth-order valence-corrected chi connectivity index (χ4v) is 3.12. The third-order valence-corrected chi connectivity index (χ3v) is 5.29. The molecule has 2 aromatic carbocycles. The van der Waals surface area contributed by atoms with Crippen molar-refractivity contribution in [2.24, 2.45) is 5.14 Å². The fourth-order valence-electron chi connectivity index (χ4n) is 2.16. The number of likely N-dealkylation sites (N-methyl/N-ethyl adjacent to an activating group) is 1. The molecule has 0 aromatic heterocycles. The van der Waals surface area contributed by atoms with E-state index in [-0.39, 0.29) is 32.6 Å². The monoisotopic (exact) mass is 448 g/mol. The molecule has 0 aliphatic carbocycles. The average Bonchev–Trinajstić information content (AvgIpc) is 2.61. The topological polar surface area (TPSA) is 107 Å². The summed E-state index contributed by atoms with van der Waals surface area (Å²) in [5.41, 5.74) is -0.143. The highest BCUT2D eigenvalue weighted by molar-refractivity contribution is 7.89. The van der Waals surface area contributed by atoms with Crippen LogP contribution in [0.25, 0.3) is 0 Å². The van der Waals surface area contributed by atoms with Gasteiger partial charge >= 0.3 is 5.97 Å². The Morgan fingerprint density at radius 1 is 1.18 bits per heavy atom. The Bertz CT molecular complexity index is 1010. The maximum atomic E-state index is 13.8. The van der Waals surface area contributed by atoms with Gasteiger partial charge in [0.2, 0.25) is 10.0 Å². The number of amides is 1. The summed E-state index contributed by atoms with van der Waals surface area (Å²) in [6, 6.07) is 7.38. The summed E-state index contributed by atoms with van der Waals surface area (Å²) in [4.78, 5) is 25.1. The largest absolute Gasteiger partial charge is 0.452 e. The van der Waals surface area contributed by atoms with Gasteiger partial charge in [-0.05, 0) is 30.3 Å². The third-order valence-electron chi connectivity index (χ3n) is 3.70. The molecule has 28 heavy (non-hydrogen) atoms. The van der Waals surface area contributed by atoms with Crippen molar-refractivity contribution in [2.45, 2.75) is 11.4 Å². The van der Waals surface area contributed by atoms with Crippen molar-refractivity contribution in [2.75, 3.05) is 13.7 Å². The number of rotatable bonds is 6. The second-order valence-corrected chi connectivity index (χ2v) is 8.09. The lowest BCUT2D eigenvalue weighted by Gasteiger charge is -2.18. The molecule has 0 spiro atoms. The van der Waals surface area contributed by atoms with Crippen molar-refractivity contribution in [3.63, 3.8) is 0 Å². The number of benzene rings is 2. The van der Waals surface area contributed by atoms with Crippen molar-refractivity contribution in [1.29, 1.82) is 0 Å². The van der Waals surface area contributed by atoms with Gasteiger partial charge in [-0.2, -0.15) is 0 Å². The minimum atomic E-state index is -4.05. The van der Waals surface area contributed by atoms with Gasteiger partial charge in [0.25, 0.3) is 5.91 Å². The highest BCUT2D eigenvalue weighted by atomic mass is 35.5. The number of hydrogen-bond acceptors (Lipinski definition) is 5. The Labute approximate surface area is 170 Å². The highest BCUT2D eigenvalue weighted by Gasteiger charge is 2.20. The van der Waals surface area contributed by atoms with E-state index in [4.69, 9.17) is 33.1 Å². The van der Waals surface area contributed by atoms with Gasteiger partial charge in [-0.25, -0.2) is 22.7 Å². The van der Waals surface area contributed by atoms with E-state index >= 15 is 0 Å².